The van der Waals surface area contributed by atoms with Gasteiger partial charge in [-0.3, -0.25) is 0 Å². The van der Waals surface area contributed by atoms with Gasteiger partial charge in [-0.05, 0) is 117 Å². The lowest BCUT2D eigenvalue weighted by Crippen LogP contribution is -2.69. The normalized spacial score (nSPS) is 51.6. The minimum Gasteiger partial charge on any atom is -0.393 e. The molecule has 4 aliphatic carbocycles. The molecule has 0 amide bonds. The highest BCUT2D eigenvalue weighted by atomic mass is 16.3. The molecule has 4 N–H and O–H groups in total. The molecule has 4 aliphatic rings. The van der Waals surface area contributed by atoms with Crippen molar-refractivity contribution in [2.45, 2.75) is 131 Å². The summed E-state index contributed by atoms with van der Waals surface area (Å²) in [6.07, 6.45) is 7.54. The third-order valence-electron chi connectivity index (χ3n) is 12.3. The van der Waals surface area contributed by atoms with Gasteiger partial charge in [0, 0.05) is 0 Å². The van der Waals surface area contributed by atoms with Crippen molar-refractivity contribution < 1.29 is 20.4 Å². The molecule has 4 heteroatoms. The van der Waals surface area contributed by atoms with Gasteiger partial charge in [-0.25, -0.2) is 0 Å². The Bertz CT molecular complexity index is 813. The van der Waals surface area contributed by atoms with Gasteiger partial charge in [0.2, 0.25) is 0 Å². The van der Waals surface area contributed by atoms with E-state index in [0.717, 1.165) is 51.4 Å². The minimum absolute atomic E-state index is 0.0264. The minimum atomic E-state index is -0.810. The number of aliphatic hydroxyl groups excluding tert-OH is 3. The fraction of sp³-hybridized carbons (Fsp3) is 0.933. The van der Waals surface area contributed by atoms with Crippen LogP contribution in [0.4, 0.5) is 0 Å². The number of allylic oxidation sites excluding steroid dienone is 2. The molecule has 4 nitrogen and oxygen atoms in total. The van der Waals surface area contributed by atoms with E-state index in [4.69, 9.17) is 0 Å². The van der Waals surface area contributed by atoms with Gasteiger partial charge in [-0.15, -0.1) is 0 Å². The smallest absolute Gasteiger partial charge is 0.0654 e. The maximum Gasteiger partial charge on any atom is 0.0654 e. The van der Waals surface area contributed by atoms with Crippen LogP contribution in [-0.2, 0) is 0 Å². The van der Waals surface area contributed by atoms with Crippen LogP contribution >= 0.6 is 0 Å². The topological polar surface area (TPSA) is 80.9 Å². The van der Waals surface area contributed by atoms with Crippen molar-refractivity contribution in [1.29, 1.82) is 0 Å². The number of hydrogen-bond donors (Lipinski definition) is 4. The number of hydrogen-bond acceptors (Lipinski definition) is 4. The second-order valence-electron chi connectivity index (χ2n) is 14.7. The molecule has 0 aliphatic heterocycles. The Hall–Kier alpha value is -0.420. The third-order valence-corrected chi connectivity index (χ3v) is 12.3. The van der Waals surface area contributed by atoms with Gasteiger partial charge < -0.3 is 20.4 Å². The Kier molecular flexibility index (Phi) is 6.50. The van der Waals surface area contributed by atoms with E-state index in [1.54, 1.807) is 0 Å². The number of aliphatic hydroxyl groups is 4. The van der Waals surface area contributed by atoms with Crippen LogP contribution in [0, 0.1) is 45.3 Å². The summed E-state index contributed by atoms with van der Waals surface area (Å²) in [7, 11) is 0. The average molecular weight is 477 g/mol. The lowest BCUT2D eigenvalue weighted by molar-refractivity contribution is -0.274. The number of rotatable bonds is 4. The molecule has 196 valence electrons. The molecule has 10 unspecified atom stereocenters. The molecule has 0 aromatic carbocycles. The lowest BCUT2D eigenvalue weighted by atomic mass is 9.34. The first-order valence-electron chi connectivity index (χ1n) is 13.9. The highest BCUT2D eigenvalue weighted by Gasteiger charge is 2.72. The first-order valence-corrected chi connectivity index (χ1v) is 13.9. The first kappa shape index (κ1) is 26.6. The first-order chi connectivity index (χ1) is 15.5. The van der Waals surface area contributed by atoms with E-state index in [0.29, 0.717) is 5.92 Å². The van der Waals surface area contributed by atoms with Gasteiger partial charge in [0.25, 0.3) is 0 Å². The van der Waals surface area contributed by atoms with Gasteiger partial charge >= 0.3 is 0 Å². The van der Waals surface area contributed by atoms with Crippen molar-refractivity contribution >= 4 is 0 Å². The predicted octanol–water partition coefficient (Wildman–Crippen LogP) is 5.47. The quantitative estimate of drug-likeness (QED) is 0.406. The van der Waals surface area contributed by atoms with Crippen LogP contribution in [0.3, 0.4) is 0 Å². The van der Waals surface area contributed by atoms with E-state index in [-0.39, 0.29) is 39.4 Å². The van der Waals surface area contributed by atoms with Crippen molar-refractivity contribution in [3.63, 3.8) is 0 Å². The van der Waals surface area contributed by atoms with Crippen molar-refractivity contribution in [3.8, 4) is 0 Å². The highest BCUT2D eigenvalue weighted by Crippen LogP contribution is 2.75. The van der Waals surface area contributed by atoms with Crippen molar-refractivity contribution in [3.05, 3.63) is 11.6 Å². The molecule has 0 saturated heterocycles. The molecule has 4 fully saturated rings. The van der Waals surface area contributed by atoms with Crippen LogP contribution in [0.2, 0.25) is 0 Å². The van der Waals surface area contributed by atoms with E-state index >= 15 is 0 Å². The molecular weight excluding hydrogens is 424 g/mol. The molecule has 0 heterocycles. The second kappa shape index (κ2) is 8.30. The summed E-state index contributed by atoms with van der Waals surface area (Å²) < 4.78 is 0. The molecule has 0 spiro atoms. The second-order valence-corrected chi connectivity index (χ2v) is 14.7. The molecule has 4 saturated carbocycles. The molecule has 34 heavy (non-hydrogen) atoms. The van der Waals surface area contributed by atoms with E-state index in [1.807, 2.05) is 6.92 Å². The Morgan fingerprint density at radius 3 is 2.21 bits per heavy atom. The Labute approximate surface area is 208 Å². The van der Waals surface area contributed by atoms with Crippen LogP contribution in [0.1, 0.15) is 107 Å². The van der Waals surface area contributed by atoms with E-state index in [1.165, 1.54) is 5.57 Å². The van der Waals surface area contributed by atoms with Gasteiger partial charge in [-0.1, -0.05) is 46.3 Å². The molecule has 4 rings (SSSR count). The van der Waals surface area contributed by atoms with E-state index in [2.05, 4.69) is 54.5 Å². The molecule has 0 aromatic rings. The molecule has 0 bridgehead atoms. The fourth-order valence-electron chi connectivity index (χ4n) is 10.5. The summed E-state index contributed by atoms with van der Waals surface area (Å²) in [5, 5.41) is 46.0. The zero-order valence-corrected chi connectivity index (χ0v) is 23.1. The standard InChI is InChI=1S/C30H52O4/c1-18(2)10-9-13-30(8,34)19-11-15-28(6)24(19)20(31)16-22-27(5)14-12-23(33)26(3,4)25(27)21(32)17-29(22,28)7/h10,19-25,31-34H,9,11-17H2,1-8H3/t19?,20?,21?,22?,23?,24?,25?,27?,28?,29?,30-/m0/s1. The summed E-state index contributed by atoms with van der Waals surface area (Å²) >= 11 is 0. The average Bonchev–Trinajstić information content (AvgIpc) is 3.07. The summed E-state index contributed by atoms with van der Waals surface area (Å²) in [5.74, 6) is 0.442. The van der Waals surface area contributed by atoms with Crippen molar-refractivity contribution in [2.24, 2.45) is 45.3 Å². The largest absolute Gasteiger partial charge is 0.393 e. The molecule has 0 aromatic heterocycles. The maximum absolute atomic E-state index is 11.8. The van der Waals surface area contributed by atoms with Crippen LogP contribution < -0.4 is 0 Å². The van der Waals surface area contributed by atoms with Gasteiger partial charge in [0.1, 0.15) is 0 Å². The zero-order valence-electron chi connectivity index (χ0n) is 23.1. The summed E-state index contributed by atoms with van der Waals surface area (Å²) in [5.41, 5.74) is -0.230. The van der Waals surface area contributed by atoms with Crippen LogP contribution in [0.15, 0.2) is 11.6 Å². The summed E-state index contributed by atoms with van der Waals surface area (Å²) in [6, 6.07) is 0. The maximum atomic E-state index is 11.8. The van der Waals surface area contributed by atoms with Crippen molar-refractivity contribution in [2.75, 3.05) is 0 Å². The van der Waals surface area contributed by atoms with Gasteiger partial charge in [0.15, 0.2) is 0 Å². The molecule has 11 atom stereocenters. The Morgan fingerprint density at radius 2 is 1.59 bits per heavy atom. The van der Waals surface area contributed by atoms with E-state index in [9.17, 15) is 20.4 Å². The molecular formula is C30H52O4. The van der Waals surface area contributed by atoms with Crippen LogP contribution in [0.25, 0.3) is 0 Å². The summed E-state index contributed by atoms with van der Waals surface area (Å²) in [6.45, 7) is 17.5. The Balaban J connectivity index is 1.70. The van der Waals surface area contributed by atoms with Crippen molar-refractivity contribution in [1.82, 2.24) is 0 Å². The fourth-order valence-corrected chi connectivity index (χ4v) is 10.5. The predicted molar refractivity (Wildman–Crippen MR) is 137 cm³/mol. The number of fused-ring (bicyclic) bond motifs is 5. The van der Waals surface area contributed by atoms with Gasteiger partial charge in [-0.2, -0.15) is 0 Å². The SMILES string of the molecule is CC(C)=CCC[C@](C)(O)C1CCC2(C)C1C(O)CC1C3(C)CCC(O)C(C)(C)C3C(O)CC12C. The van der Waals surface area contributed by atoms with Crippen LogP contribution in [-0.4, -0.2) is 44.3 Å². The van der Waals surface area contributed by atoms with Crippen LogP contribution in [0.5, 0.6) is 0 Å². The highest BCUT2D eigenvalue weighted by molar-refractivity contribution is 5.21. The van der Waals surface area contributed by atoms with E-state index < -0.39 is 23.9 Å². The molecule has 0 radical (unpaired) electrons. The zero-order chi connectivity index (χ0) is 25.5. The van der Waals surface area contributed by atoms with Gasteiger partial charge in [0.05, 0.1) is 23.9 Å². The monoisotopic (exact) mass is 476 g/mol. The lowest BCUT2D eigenvalue weighted by Gasteiger charge is -2.71. The third kappa shape index (κ3) is 3.60. The summed E-state index contributed by atoms with van der Waals surface area (Å²) in [4.78, 5) is 0. The Morgan fingerprint density at radius 1 is 0.941 bits per heavy atom.